The van der Waals surface area contributed by atoms with E-state index in [-0.39, 0.29) is 17.8 Å². The molecule has 1 aliphatic carbocycles. The van der Waals surface area contributed by atoms with E-state index in [9.17, 15) is 4.79 Å². The van der Waals surface area contributed by atoms with Gasteiger partial charge in [-0.2, -0.15) is 25.3 Å². The highest BCUT2D eigenvalue weighted by Gasteiger charge is 2.66. The lowest BCUT2D eigenvalue weighted by Crippen LogP contribution is -2.26. The molecule has 3 nitrogen and oxygen atoms in total. The molecule has 2 rings (SSSR count). The van der Waals surface area contributed by atoms with Crippen LogP contribution in [0.5, 0.6) is 0 Å². The lowest BCUT2D eigenvalue weighted by molar-refractivity contribution is -0.156. The van der Waals surface area contributed by atoms with Crippen molar-refractivity contribution in [2.45, 2.75) is 36.4 Å². The van der Waals surface area contributed by atoms with E-state index in [0.29, 0.717) is 0 Å². The molecule has 2 atom stereocenters. The molecule has 5 heteroatoms. The summed E-state index contributed by atoms with van der Waals surface area (Å²) < 4.78 is 4.74. The fourth-order valence-corrected chi connectivity index (χ4v) is 2.99. The van der Waals surface area contributed by atoms with Crippen LogP contribution in [0.3, 0.4) is 0 Å². The van der Waals surface area contributed by atoms with Gasteiger partial charge in [0.1, 0.15) is 5.60 Å². The molecule has 1 aliphatic rings. The van der Waals surface area contributed by atoms with E-state index in [1.54, 1.807) is 12.4 Å². The molecule has 1 fully saturated rings. The molecule has 0 amide bonds. The van der Waals surface area contributed by atoms with Gasteiger partial charge in [0.2, 0.25) is 0 Å². The zero-order chi connectivity index (χ0) is 13.6. The molecule has 1 aromatic rings. The molecule has 0 saturated heterocycles. The van der Waals surface area contributed by atoms with Gasteiger partial charge in [0, 0.05) is 18.3 Å². The van der Waals surface area contributed by atoms with Crippen molar-refractivity contribution < 1.29 is 9.53 Å². The Bertz CT molecular complexity index is 454. The second kappa shape index (κ2) is 4.46. The summed E-state index contributed by atoms with van der Waals surface area (Å²) in [6, 6.07) is 3.78. The van der Waals surface area contributed by atoms with Crippen LogP contribution in [-0.2, 0) is 9.53 Å². The molecule has 0 aliphatic heterocycles. The minimum atomic E-state index is -0.647. The molecule has 1 saturated carbocycles. The number of nitrogens with zero attached hydrogens (tertiary/aromatic N) is 1. The van der Waals surface area contributed by atoms with Crippen LogP contribution in [-0.4, -0.2) is 20.6 Å². The average molecular weight is 283 g/mol. The van der Waals surface area contributed by atoms with E-state index in [0.717, 1.165) is 5.56 Å². The van der Waals surface area contributed by atoms with Crippen molar-refractivity contribution in [2.24, 2.45) is 5.92 Å². The maximum Gasteiger partial charge on any atom is 0.312 e. The largest absolute Gasteiger partial charge is 0.460 e. The number of ether oxygens (including phenoxy) is 1. The predicted octanol–water partition coefficient (Wildman–Crippen LogP) is 2.69. The second-order valence-corrected chi connectivity index (χ2v) is 7.39. The van der Waals surface area contributed by atoms with Crippen LogP contribution >= 0.6 is 25.3 Å². The summed E-state index contributed by atoms with van der Waals surface area (Å²) in [6.07, 6.45) is 3.45. The van der Waals surface area contributed by atoms with Crippen molar-refractivity contribution in [1.82, 2.24) is 4.98 Å². The molecule has 98 valence electrons. The summed E-state index contributed by atoms with van der Waals surface area (Å²) in [4.78, 5) is 16.1. The summed E-state index contributed by atoms with van der Waals surface area (Å²) in [5.74, 6) is -0.623. The van der Waals surface area contributed by atoms with Crippen molar-refractivity contribution >= 4 is 31.2 Å². The fourth-order valence-electron chi connectivity index (χ4n) is 2.03. The monoisotopic (exact) mass is 283 g/mol. The first kappa shape index (κ1) is 13.7. The highest BCUT2D eigenvalue weighted by molar-refractivity contribution is 8.01. The van der Waals surface area contributed by atoms with Crippen molar-refractivity contribution in [1.29, 1.82) is 0 Å². The van der Waals surface area contributed by atoms with Gasteiger partial charge in [-0.1, -0.05) is 6.07 Å². The first-order valence-electron chi connectivity index (χ1n) is 5.81. The number of carbonyl (C=O) groups excluding carboxylic acids is 1. The third kappa shape index (κ3) is 2.67. The van der Waals surface area contributed by atoms with E-state index < -0.39 is 9.68 Å². The Balaban J connectivity index is 2.15. The van der Waals surface area contributed by atoms with E-state index in [4.69, 9.17) is 4.74 Å². The lowest BCUT2D eigenvalue weighted by atomic mass is 10.1. The Morgan fingerprint density at radius 1 is 1.44 bits per heavy atom. The van der Waals surface area contributed by atoms with Gasteiger partial charge in [-0.3, -0.25) is 9.78 Å². The molecule has 0 aromatic carbocycles. The number of hydrogen-bond acceptors (Lipinski definition) is 5. The number of hydrogen-bond donors (Lipinski definition) is 2. The minimum Gasteiger partial charge on any atom is -0.460 e. The number of rotatable bonds is 2. The van der Waals surface area contributed by atoms with Gasteiger partial charge in [-0.25, -0.2) is 0 Å². The maximum absolute atomic E-state index is 12.1. The van der Waals surface area contributed by atoms with Crippen LogP contribution in [0, 0.1) is 5.92 Å². The van der Waals surface area contributed by atoms with E-state index >= 15 is 0 Å². The normalized spacial score (nSPS) is 25.6. The fraction of sp³-hybridized carbons (Fsp3) is 0.538. The number of carbonyl (C=O) groups is 1. The number of pyridine rings is 1. The van der Waals surface area contributed by atoms with Crippen molar-refractivity contribution in [3.05, 3.63) is 30.1 Å². The Hall–Kier alpha value is -0.680. The van der Waals surface area contributed by atoms with Crippen LogP contribution in [0.15, 0.2) is 24.5 Å². The van der Waals surface area contributed by atoms with Gasteiger partial charge in [0.25, 0.3) is 0 Å². The zero-order valence-electron chi connectivity index (χ0n) is 10.6. The smallest absolute Gasteiger partial charge is 0.312 e. The van der Waals surface area contributed by atoms with Crippen LogP contribution in [0.1, 0.15) is 32.3 Å². The topological polar surface area (TPSA) is 39.2 Å². The summed E-state index contributed by atoms with van der Waals surface area (Å²) in [7, 11) is 0. The van der Waals surface area contributed by atoms with Crippen LogP contribution in [0.25, 0.3) is 0 Å². The second-order valence-electron chi connectivity index (χ2n) is 5.56. The SMILES string of the molecule is CC(C)(C)OC(=O)C1C(c2cccnc2)C1(S)S. The number of aromatic nitrogens is 1. The first-order chi connectivity index (χ1) is 8.23. The van der Waals surface area contributed by atoms with Gasteiger partial charge in [0.05, 0.1) is 10.00 Å². The average Bonchev–Trinajstić information content (AvgIpc) is 2.80. The maximum atomic E-state index is 12.1. The Kier molecular flexibility index (Phi) is 3.40. The molecule has 0 bridgehead atoms. The third-order valence-electron chi connectivity index (χ3n) is 2.84. The molecule has 2 unspecified atom stereocenters. The van der Waals surface area contributed by atoms with Crippen molar-refractivity contribution in [3.63, 3.8) is 0 Å². The van der Waals surface area contributed by atoms with Crippen LogP contribution < -0.4 is 0 Å². The van der Waals surface area contributed by atoms with Gasteiger partial charge in [0.15, 0.2) is 0 Å². The van der Waals surface area contributed by atoms with E-state index in [1.165, 1.54) is 0 Å². The Morgan fingerprint density at radius 2 is 2.11 bits per heavy atom. The minimum absolute atomic E-state index is 0.0484. The summed E-state index contributed by atoms with van der Waals surface area (Å²) in [6.45, 7) is 5.56. The van der Waals surface area contributed by atoms with E-state index in [1.807, 2.05) is 32.9 Å². The highest BCUT2D eigenvalue weighted by Crippen LogP contribution is 2.64. The van der Waals surface area contributed by atoms with Crippen molar-refractivity contribution in [2.75, 3.05) is 0 Å². The predicted molar refractivity (Wildman–Crippen MR) is 77.0 cm³/mol. The third-order valence-corrected chi connectivity index (χ3v) is 3.96. The quantitative estimate of drug-likeness (QED) is 0.498. The number of thiol groups is 2. The molecule has 0 spiro atoms. The Morgan fingerprint density at radius 3 is 2.61 bits per heavy atom. The van der Waals surface area contributed by atoms with E-state index in [2.05, 4.69) is 30.2 Å². The Labute approximate surface area is 118 Å². The van der Waals surface area contributed by atoms with Crippen molar-refractivity contribution in [3.8, 4) is 0 Å². The van der Waals surface area contributed by atoms with Gasteiger partial charge in [-0.05, 0) is 32.4 Å². The molecular formula is C13H17NO2S2. The van der Waals surface area contributed by atoms with Gasteiger partial charge in [-0.15, -0.1) is 0 Å². The molecule has 18 heavy (non-hydrogen) atoms. The van der Waals surface area contributed by atoms with Gasteiger partial charge < -0.3 is 4.74 Å². The zero-order valence-corrected chi connectivity index (χ0v) is 12.4. The number of esters is 1. The van der Waals surface area contributed by atoms with Crippen LogP contribution in [0.2, 0.25) is 0 Å². The van der Waals surface area contributed by atoms with Gasteiger partial charge >= 0.3 is 5.97 Å². The van der Waals surface area contributed by atoms with Crippen LogP contribution in [0.4, 0.5) is 0 Å². The summed E-state index contributed by atoms with van der Waals surface area (Å²) in [5, 5.41) is 0. The summed E-state index contributed by atoms with van der Waals surface area (Å²) in [5.41, 5.74) is 0.481. The molecule has 0 N–H and O–H groups in total. The molecule has 1 heterocycles. The molecule has 1 aromatic heterocycles. The first-order valence-corrected chi connectivity index (χ1v) is 6.70. The summed E-state index contributed by atoms with van der Waals surface area (Å²) >= 11 is 8.92. The highest BCUT2D eigenvalue weighted by atomic mass is 32.2. The lowest BCUT2D eigenvalue weighted by Gasteiger charge is -2.19. The standard InChI is InChI=1S/C13H17NO2S2/c1-12(2,3)16-11(15)10-9(13(10,17)18)8-5-4-6-14-7-8/h4-7,9-10,17-18H,1-3H3. The molecule has 0 radical (unpaired) electrons. The molecular weight excluding hydrogens is 266 g/mol.